The molecular formula is C22H18N4OS. The van der Waals surface area contributed by atoms with Gasteiger partial charge in [0.15, 0.2) is 5.13 Å². The maximum atomic E-state index is 12.3. The molecule has 4 rings (SSSR count). The van der Waals surface area contributed by atoms with E-state index in [-0.39, 0.29) is 5.91 Å². The van der Waals surface area contributed by atoms with E-state index in [9.17, 15) is 4.79 Å². The number of nitrogens with one attached hydrogen (secondary N) is 1. The van der Waals surface area contributed by atoms with Crippen LogP contribution < -0.4 is 5.32 Å². The van der Waals surface area contributed by atoms with E-state index in [2.05, 4.69) is 10.3 Å². The molecule has 138 valence electrons. The fourth-order valence-electron chi connectivity index (χ4n) is 2.79. The zero-order chi connectivity index (χ0) is 19.3. The van der Waals surface area contributed by atoms with E-state index in [1.165, 1.54) is 17.4 Å². The van der Waals surface area contributed by atoms with Gasteiger partial charge in [-0.2, -0.15) is 0 Å². The Morgan fingerprint density at radius 3 is 2.54 bits per heavy atom. The highest BCUT2D eigenvalue weighted by Crippen LogP contribution is 2.27. The largest absolute Gasteiger partial charge is 0.307 e. The summed E-state index contributed by atoms with van der Waals surface area (Å²) in [6.45, 7) is 1.89. The summed E-state index contributed by atoms with van der Waals surface area (Å²) in [5, 5.41) is 5.66. The maximum absolute atomic E-state index is 12.3. The second kappa shape index (κ2) is 8.02. The highest BCUT2D eigenvalue weighted by atomic mass is 32.1. The number of carbonyl (C=O) groups excluding carboxylic acids is 1. The van der Waals surface area contributed by atoms with Crippen LogP contribution in [0.25, 0.3) is 22.5 Å². The molecule has 0 aliphatic rings. The molecule has 2 aromatic carbocycles. The van der Waals surface area contributed by atoms with E-state index in [0.717, 1.165) is 27.8 Å². The van der Waals surface area contributed by atoms with Gasteiger partial charge in [0.05, 0.1) is 11.9 Å². The van der Waals surface area contributed by atoms with Crippen LogP contribution in [-0.2, 0) is 4.79 Å². The molecule has 0 saturated heterocycles. The summed E-state index contributed by atoms with van der Waals surface area (Å²) < 4.78 is 1.85. The van der Waals surface area contributed by atoms with Crippen molar-refractivity contribution in [1.29, 1.82) is 0 Å². The van der Waals surface area contributed by atoms with Gasteiger partial charge in [0, 0.05) is 17.0 Å². The normalized spacial score (nSPS) is 11.0. The Kier molecular flexibility index (Phi) is 5.12. The molecule has 2 aromatic heterocycles. The number of amides is 1. The summed E-state index contributed by atoms with van der Waals surface area (Å²) in [5.74, 6) is 1.13. The van der Waals surface area contributed by atoms with Gasteiger partial charge in [0.25, 0.3) is 0 Å². The van der Waals surface area contributed by atoms with Crippen LogP contribution in [0.1, 0.15) is 11.4 Å². The molecule has 5 nitrogen and oxygen atoms in total. The van der Waals surface area contributed by atoms with Crippen molar-refractivity contribution in [1.82, 2.24) is 14.5 Å². The molecule has 1 N–H and O–H groups in total. The predicted molar refractivity (Wildman–Crippen MR) is 114 cm³/mol. The molecule has 0 atom stereocenters. The third-order valence-electron chi connectivity index (χ3n) is 4.17. The highest BCUT2D eigenvalue weighted by molar-refractivity contribution is 7.12. The molecule has 0 aliphatic heterocycles. The van der Waals surface area contributed by atoms with Gasteiger partial charge in [0.1, 0.15) is 11.6 Å². The number of thiazole rings is 1. The molecule has 0 unspecified atom stereocenters. The van der Waals surface area contributed by atoms with E-state index in [1.807, 2.05) is 77.5 Å². The number of anilines is 1. The van der Waals surface area contributed by atoms with Crippen molar-refractivity contribution in [3.63, 3.8) is 0 Å². The molecule has 0 bridgehead atoms. The molecule has 28 heavy (non-hydrogen) atoms. The van der Waals surface area contributed by atoms with Gasteiger partial charge in [-0.3, -0.25) is 9.36 Å². The Morgan fingerprint density at radius 2 is 1.79 bits per heavy atom. The average molecular weight is 386 g/mol. The number of carbonyl (C=O) groups is 1. The van der Waals surface area contributed by atoms with Crippen molar-refractivity contribution < 1.29 is 4.79 Å². The zero-order valence-electron chi connectivity index (χ0n) is 15.2. The number of rotatable bonds is 5. The summed E-state index contributed by atoms with van der Waals surface area (Å²) in [7, 11) is 0. The SMILES string of the molecule is Cc1ncc(NC(=O)/C=C/c2ccccc2)n1-c1nc(-c2ccccc2)cs1. The van der Waals surface area contributed by atoms with E-state index in [0.29, 0.717) is 5.82 Å². The lowest BCUT2D eigenvalue weighted by Gasteiger charge is -2.07. The highest BCUT2D eigenvalue weighted by Gasteiger charge is 2.14. The number of nitrogens with zero attached hydrogens (tertiary/aromatic N) is 3. The van der Waals surface area contributed by atoms with Crippen LogP contribution in [0.15, 0.2) is 78.3 Å². The minimum atomic E-state index is -0.218. The standard InChI is InChI=1S/C22H18N4OS/c1-16-23-14-20(25-21(27)13-12-17-8-4-2-5-9-17)26(16)22-24-19(15-28-22)18-10-6-3-7-11-18/h2-15H,1H3,(H,25,27)/b13-12+. The molecule has 0 saturated carbocycles. The first-order valence-electron chi connectivity index (χ1n) is 8.80. The van der Waals surface area contributed by atoms with Crippen LogP contribution in [0.4, 0.5) is 5.82 Å². The fraction of sp³-hybridized carbons (Fsp3) is 0.0455. The minimum Gasteiger partial charge on any atom is -0.307 e. The number of aryl methyl sites for hydroxylation is 1. The van der Waals surface area contributed by atoms with Crippen molar-refractivity contribution in [3.8, 4) is 16.4 Å². The third kappa shape index (κ3) is 3.92. The van der Waals surface area contributed by atoms with Crippen LogP contribution in [0.2, 0.25) is 0 Å². The monoisotopic (exact) mass is 386 g/mol. The Balaban J connectivity index is 1.56. The first kappa shape index (κ1) is 17.9. The number of benzene rings is 2. The fourth-order valence-corrected chi connectivity index (χ4v) is 3.68. The lowest BCUT2D eigenvalue weighted by molar-refractivity contribution is -0.111. The Labute approximate surface area is 167 Å². The Hall–Kier alpha value is -3.51. The number of imidazole rings is 1. The minimum absolute atomic E-state index is 0.218. The number of hydrogen-bond acceptors (Lipinski definition) is 4. The topological polar surface area (TPSA) is 59.8 Å². The smallest absolute Gasteiger partial charge is 0.249 e. The van der Waals surface area contributed by atoms with Gasteiger partial charge in [-0.25, -0.2) is 9.97 Å². The summed E-state index contributed by atoms with van der Waals surface area (Å²) >= 11 is 1.51. The van der Waals surface area contributed by atoms with Crippen molar-refractivity contribution in [3.05, 3.63) is 89.7 Å². The molecule has 4 aromatic rings. The maximum Gasteiger partial charge on any atom is 0.249 e. The van der Waals surface area contributed by atoms with Crippen LogP contribution in [0.5, 0.6) is 0 Å². The van der Waals surface area contributed by atoms with Crippen LogP contribution in [0, 0.1) is 6.92 Å². The van der Waals surface area contributed by atoms with Crippen molar-refractivity contribution in [2.24, 2.45) is 0 Å². The summed E-state index contributed by atoms with van der Waals surface area (Å²) in [6, 6.07) is 19.7. The van der Waals surface area contributed by atoms with Gasteiger partial charge < -0.3 is 5.32 Å². The molecule has 6 heteroatoms. The number of hydrogen-bond donors (Lipinski definition) is 1. The van der Waals surface area contributed by atoms with Gasteiger partial charge in [-0.15, -0.1) is 11.3 Å². The van der Waals surface area contributed by atoms with E-state index in [1.54, 1.807) is 12.3 Å². The van der Waals surface area contributed by atoms with Crippen molar-refractivity contribution >= 4 is 29.1 Å². The summed E-state index contributed by atoms with van der Waals surface area (Å²) in [5.41, 5.74) is 2.92. The molecule has 0 spiro atoms. The zero-order valence-corrected chi connectivity index (χ0v) is 16.1. The summed E-state index contributed by atoms with van der Waals surface area (Å²) in [4.78, 5) is 21.4. The molecule has 0 fully saturated rings. The van der Waals surface area contributed by atoms with Gasteiger partial charge in [-0.05, 0) is 18.6 Å². The van der Waals surface area contributed by atoms with Crippen molar-refractivity contribution in [2.45, 2.75) is 6.92 Å². The van der Waals surface area contributed by atoms with Crippen LogP contribution in [0.3, 0.4) is 0 Å². The molecule has 0 radical (unpaired) electrons. The van der Waals surface area contributed by atoms with Crippen LogP contribution >= 0.6 is 11.3 Å². The van der Waals surface area contributed by atoms with E-state index >= 15 is 0 Å². The van der Waals surface area contributed by atoms with E-state index in [4.69, 9.17) is 4.98 Å². The van der Waals surface area contributed by atoms with Gasteiger partial charge in [-0.1, -0.05) is 60.7 Å². The predicted octanol–water partition coefficient (Wildman–Crippen LogP) is 4.96. The first-order valence-corrected chi connectivity index (χ1v) is 9.68. The van der Waals surface area contributed by atoms with Gasteiger partial charge in [0.2, 0.25) is 5.91 Å². The summed E-state index contributed by atoms with van der Waals surface area (Å²) in [6.07, 6.45) is 4.94. The lowest BCUT2D eigenvalue weighted by atomic mass is 10.2. The second-order valence-electron chi connectivity index (χ2n) is 6.14. The van der Waals surface area contributed by atoms with Crippen LogP contribution in [-0.4, -0.2) is 20.4 Å². The molecule has 1 amide bonds. The quantitative estimate of drug-likeness (QED) is 0.493. The Morgan fingerprint density at radius 1 is 1.07 bits per heavy atom. The second-order valence-corrected chi connectivity index (χ2v) is 6.98. The Bertz CT molecular complexity index is 1110. The molecular weight excluding hydrogens is 368 g/mol. The molecule has 2 heterocycles. The molecule has 0 aliphatic carbocycles. The first-order chi connectivity index (χ1) is 13.7. The lowest BCUT2D eigenvalue weighted by Crippen LogP contribution is -2.12. The number of aromatic nitrogens is 3. The average Bonchev–Trinajstić information content (AvgIpc) is 3.35. The third-order valence-corrected chi connectivity index (χ3v) is 4.99. The van der Waals surface area contributed by atoms with Crippen molar-refractivity contribution in [2.75, 3.05) is 5.32 Å². The van der Waals surface area contributed by atoms with E-state index < -0.39 is 0 Å². The van der Waals surface area contributed by atoms with Gasteiger partial charge >= 0.3 is 0 Å².